The van der Waals surface area contributed by atoms with Crippen LogP contribution in [-0.2, 0) is 21.4 Å². The Morgan fingerprint density at radius 2 is 2.21 bits per heavy atom. The monoisotopic (exact) mass is 266 g/mol. The molecule has 0 spiro atoms. The fourth-order valence-corrected chi connectivity index (χ4v) is 2.11. The second-order valence-electron chi connectivity index (χ2n) is 4.30. The summed E-state index contributed by atoms with van der Waals surface area (Å²) in [6.07, 6.45) is 1.37. The fourth-order valence-electron chi connectivity index (χ4n) is 2.11. The lowest BCUT2D eigenvalue weighted by Gasteiger charge is -2.17. The number of aryl methyl sites for hydroxylation is 1. The van der Waals surface area contributed by atoms with E-state index in [0.29, 0.717) is 5.82 Å². The highest BCUT2D eigenvalue weighted by molar-refractivity contribution is 6.04. The molecule has 1 saturated heterocycles. The summed E-state index contributed by atoms with van der Waals surface area (Å²) in [5.74, 6) is -1.61. The average Bonchev–Trinajstić information content (AvgIpc) is 2.91. The number of rotatable bonds is 3. The molecule has 102 valence electrons. The molecule has 0 aromatic carbocycles. The second kappa shape index (κ2) is 4.71. The molecule has 2 amide bonds. The molecule has 1 unspecified atom stereocenters. The fraction of sp³-hybridized carbons (Fsp3) is 0.455. The molecule has 1 aromatic rings. The number of nitrogens with zero attached hydrogens (tertiary/aromatic N) is 3. The van der Waals surface area contributed by atoms with Crippen LogP contribution >= 0.6 is 0 Å². The molecular weight excluding hydrogens is 252 g/mol. The van der Waals surface area contributed by atoms with Crippen LogP contribution in [0.5, 0.6) is 0 Å². The number of nitrogens with two attached hydrogens (primary N) is 1. The van der Waals surface area contributed by atoms with Crippen LogP contribution in [0, 0.1) is 5.92 Å². The van der Waals surface area contributed by atoms with E-state index in [1.54, 1.807) is 7.05 Å². The van der Waals surface area contributed by atoms with E-state index < -0.39 is 17.8 Å². The normalized spacial score (nSPS) is 18.7. The number of hydrogen-bond donors (Lipinski definition) is 1. The van der Waals surface area contributed by atoms with Crippen LogP contribution in [0.2, 0.25) is 0 Å². The molecule has 1 aliphatic heterocycles. The second-order valence-corrected chi connectivity index (χ2v) is 4.30. The molecule has 1 aromatic heterocycles. The molecule has 1 aliphatic rings. The SMILES string of the molecule is COC(=O)c1cnn(C)c1N1CC(C(N)=O)CC1=O. The zero-order chi connectivity index (χ0) is 14.2. The summed E-state index contributed by atoms with van der Waals surface area (Å²) in [7, 11) is 2.85. The Balaban J connectivity index is 2.37. The topological polar surface area (TPSA) is 108 Å². The maximum atomic E-state index is 11.9. The first-order chi connectivity index (χ1) is 8.95. The molecule has 2 heterocycles. The third-order valence-electron chi connectivity index (χ3n) is 3.10. The Morgan fingerprint density at radius 1 is 1.53 bits per heavy atom. The Kier molecular flexibility index (Phi) is 3.24. The molecule has 0 bridgehead atoms. The number of primary amides is 1. The van der Waals surface area contributed by atoms with E-state index in [2.05, 4.69) is 9.84 Å². The highest BCUT2D eigenvalue weighted by atomic mass is 16.5. The van der Waals surface area contributed by atoms with Gasteiger partial charge in [0, 0.05) is 20.0 Å². The van der Waals surface area contributed by atoms with Gasteiger partial charge in [0.05, 0.1) is 19.2 Å². The van der Waals surface area contributed by atoms with E-state index in [0.717, 1.165) is 0 Å². The van der Waals surface area contributed by atoms with Crippen molar-refractivity contribution in [1.82, 2.24) is 9.78 Å². The van der Waals surface area contributed by atoms with E-state index in [-0.39, 0.29) is 24.4 Å². The maximum Gasteiger partial charge on any atom is 0.343 e. The van der Waals surface area contributed by atoms with Crippen LogP contribution in [0.4, 0.5) is 5.82 Å². The number of ether oxygens (including phenoxy) is 1. The molecular formula is C11H14N4O4. The quantitative estimate of drug-likeness (QED) is 0.709. The van der Waals surface area contributed by atoms with Gasteiger partial charge in [0.25, 0.3) is 0 Å². The predicted molar refractivity (Wildman–Crippen MR) is 64.2 cm³/mol. The van der Waals surface area contributed by atoms with Gasteiger partial charge in [-0.25, -0.2) is 4.79 Å². The first-order valence-corrected chi connectivity index (χ1v) is 5.65. The van der Waals surface area contributed by atoms with Crippen LogP contribution in [0.1, 0.15) is 16.8 Å². The third kappa shape index (κ3) is 2.16. The number of amides is 2. The molecule has 1 fully saturated rings. The van der Waals surface area contributed by atoms with Crippen LogP contribution in [0.25, 0.3) is 0 Å². The van der Waals surface area contributed by atoms with Gasteiger partial charge < -0.3 is 10.5 Å². The minimum absolute atomic E-state index is 0.0428. The van der Waals surface area contributed by atoms with Crippen LogP contribution in [0.3, 0.4) is 0 Å². The van der Waals surface area contributed by atoms with Crippen LogP contribution in [-0.4, -0.2) is 41.2 Å². The zero-order valence-electron chi connectivity index (χ0n) is 10.6. The maximum absolute atomic E-state index is 11.9. The number of carbonyl (C=O) groups is 3. The lowest BCUT2D eigenvalue weighted by molar-refractivity contribution is -0.123. The summed E-state index contributed by atoms with van der Waals surface area (Å²) >= 11 is 0. The summed E-state index contributed by atoms with van der Waals surface area (Å²) in [5.41, 5.74) is 5.39. The van der Waals surface area contributed by atoms with Gasteiger partial charge >= 0.3 is 5.97 Å². The van der Waals surface area contributed by atoms with Gasteiger partial charge in [-0.2, -0.15) is 5.10 Å². The van der Waals surface area contributed by atoms with Crippen molar-refractivity contribution in [2.24, 2.45) is 18.7 Å². The summed E-state index contributed by atoms with van der Waals surface area (Å²) in [5, 5.41) is 3.94. The lowest BCUT2D eigenvalue weighted by atomic mass is 10.1. The summed E-state index contributed by atoms with van der Waals surface area (Å²) in [6, 6.07) is 0. The Hall–Kier alpha value is -2.38. The molecule has 8 heteroatoms. The Morgan fingerprint density at radius 3 is 2.74 bits per heavy atom. The van der Waals surface area contributed by atoms with Crippen molar-refractivity contribution in [3.8, 4) is 0 Å². The average molecular weight is 266 g/mol. The molecule has 0 saturated carbocycles. The molecule has 2 rings (SSSR count). The van der Waals surface area contributed by atoms with Crippen molar-refractivity contribution in [1.29, 1.82) is 0 Å². The van der Waals surface area contributed by atoms with E-state index in [1.807, 2.05) is 0 Å². The van der Waals surface area contributed by atoms with Gasteiger partial charge in [-0.3, -0.25) is 19.2 Å². The predicted octanol–water partition coefficient (Wildman–Crippen LogP) is -0.955. The molecule has 1 atom stereocenters. The highest BCUT2D eigenvalue weighted by Crippen LogP contribution is 2.27. The van der Waals surface area contributed by atoms with Crippen molar-refractivity contribution in [3.63, 3.8) is 0 Å². The van der Waals surface area contributed by atoms with Gasteiger partial charge in [-0.1, -0.05) is 0 Å². The van der Waals surface area contributed by atoms with Crippen molar-refractivity contribution in [2.75, 3.05) is 18.6 Å². The minimum Gasteiger partial charge on any atom is -0.465 e. The molecule has 19 heavy (non-hydrogen) atoms. The number of hydrogen-bond acceptors (Lipinski definition) is 5. The van der Waals surface area contributed by atoms with Gasteiger partial charge in [0.15, 0.2) is 0 Å². The number of aromatic nitrogens is 2. The summed E-state index contributed by atoms with van der Waals surface area (Å²) in [6.45, 7) is 0.150. The molecule has 2 N–H and O–H groups in total. The summed E-state index contributed by atoms with van der Waals surface area (Å²) in [4.78, 5) is 36.0. The van der Waals surface area contributed by atoms with E-state index in [1.165, 1.54) is 22.9 Å². The summed E-state index contributed by atoms with van der Waals surface area (Å²) < 4.78 is 6.03. The Bertz CT molecular complexity index is 551. The molecule has 0 aliphatic carbocycles. The molecule has 8 nitrogen and oxygen atoms in total. The van der Waals surface area contributed by atoms with Crippen molar-refractivity contribution in [3.05, 3.63) is 11.8 Å². The van der Waals surface area contributed by atoms with Gasteiger partial charge in [0.2, 0.25) is 11.8 Å². The number of esters is 1. The first kappa shape index (κ1) is 13.1. The lowest BCUT2D eigenvalue weighted by Crippen LogP contribution is -2.31. The number of carbonyl (C=O) groups excluding carboxylic acids is 3. The number of anilines is 1. The van der Waals surface area contributed by atoms with E-state index in [4.69, 9.17) is 5.73 Å². The van der Waals surface area contributed by atoms with E-state index >= 15 is 0 Å². The highest BCUT2D eigenvalue weighted by Gasteiger charge is 2.37. The van der Waals surface area contributed by atoms with Crippen molar-refractivity contribution in [2.45, 2.75) is 6.42 Å². The van der Waals surface area contributed by atoms with Gasteiger partial charge in [-0.05, 0) is 0 Å². The van der Waals surface area contributed by atoms with Crippen LogP contribution < -0.4 is 10.6 Å². The van der Waals surface area contributed by atoms with Crippen LogP contribution in [0.15, 0.2) is 6.20 Å². The minimum atomic E-state index is -0.585. The third-order valence-corrected chi connectivity index (χ3v) is 3.10. The van der Waals surface area contributed by atoms with Gasteiger partial charge in [0.1, 0.15) is 11.4 Å². The number of methoxy groups -OCH3 is 1. The Labute approximate surface area is 109 Å². The largest absolute Gasteiger partial charge is 0.465 e. The van der Waals surface area contributed by atoms with Crippen molar-refractivity contribution >= 4 is 23.6 Å². The van der Waals surface area contributed by atoms with E-state index in [9.17, 15) is 14.4 Å². The zero-order valence-corrected chi connectivity index (χ0v) is 10.6. The van der Waals surface area contributed by atoms with Gasteiger partial charge in [-0.15, -0.1) is 0 Å². The first-order valence-electron chi connectivity index (χ1n) is 5.65. The molecule has 0 radical (unpaired) electrons. The standard InChI is InChI=1S/C11H14N4O4/c1-14-10(7(4-13-14)11(18)19-2)15-5-6(9(12)17)3-8(15)16/h4,6H,3,5H2,1-2H3,(H2,12,17). The van der Waals surface area contributed by atoms with Crippen molar-refractivity contribution < 1.29 is 19.1 Å². The smallest absolute Gasteiger partial charge is 0.343 e.